The lowest BCUT2D eigenvalue weighted by atomic mass is 9.83. The van der Waals surface area contributed by atoms with E-state index in [1.165, 1.54) is 24.8 Å². The first-order valence-corrected chi connectivity index (χ1v) is 7.63. The van der Waals surface area contributed by atoms with E-state index in [1.54, 1.807) is 0 Å². The van der Waals surface area contributed by atoms with Gasteiger partial charge in [0.05, 0.1) is 6.61 Å². The Kier molecular flexibility index (Phi) is 6.93. The molecule has 0 unspecified atom stereocenters. The van der Waals surface area contributed by atoms with Gasteiger partial charge in [0, 0.05) is 17.6 Å². The molecule has 0 saturated carbocycles. The molecule has 0 heterocycles. The van der Waals surface area contributed by atoms with Crippen LogP contribution in [0.15, 0.2) is 24.3 Å². The third kappa shape index (κ3) is 4.87. The molecule has 2 heteroatoms. The van der Waals surface area contributed by atoms with Gasteiger partial charge in [0.15, 0.2) is 0 Å². The van der Waals surface area contributed by atoms with Crippen LogP contribution >= 0.6 is 0 Å². The highest BCUT2D eigenvalue weighted by atomic mass is 16.3. The molecule has 19 heavy (non-hydrogen) atoms. The molecule has 1 aromatic rings. The second kappa shape index (κ2) is 8.21. The predicted molar refractivity (Wildman–Crippen MR) is 83.6 cm³/mol. The van der Waals surface area contributed by atoms with E-state index in [-0.39, 0.29) is 12.0 Å². The number of aliphatic hydroxyl groups is 1. The van der Waals surface area contributed by atoms with Gasteiger partial charge in [0.1, 0.15) is 0 Å². The van der Waals surface area contributed by atoms with Crippen LogP contribution < -0.4 is 5.32 Å². The summed E-state index contributed by atoms with van der Waals surface area (Å²) in [6, 6.07) is 8.71. The molecule has 2 N–H and O–H groups in total. The molecule has 0 aliphatic carbocycles. The average molecular weight is 263 g/mol. The second-order valence-electron chi connectivity index (χ2n) is 5.52. The van der Waals surface area contributed by atoms with E-state index in [0.717, 1.165) is 25.1 Å². The smallest absolute Gasteiger partial charge is 0.0504 e. The van der Waals surface area contributed by atoms with Crippen LogP contribution in [0.1, 0.15) is 52.0 Å². The monoisotopic (exact) mass is 263 g/mol. The highest BCUT2D eigenvalue weighted by Crippen LogP contribution is 2.26. The predicted octanol–water partition coefficient (Wildman–Crippen LogP) is 4.24. The number of benzene rings is 1. The van der Waals surface area contributed by atoms with Crippen LogP contribution in [0.3, 0.4) is 0 Å². The van der Waals surface area contributed by atoms with Gasteiger partial charge >= 0.3 is 0 Å². The Morgan fingerprint density at radius 2 is 1.68 bits per heavy atom. The van der Waals surface area contributed by atoms with Gasteiger partial charge in [0.2, 0.25) is 0 Å². The molecule has 0 amide bonds. The second-order valence-corrected chi connectivity index (χ2v) is 5.52. The maximum absolute atomic E-state index is 9.56. The minimum absolute atomic E-state index is 0.0148. The van der Waals surface area contributed by atoms with Crippen LogP contribution in [0.4, 0.5) is 5.69 Å². The van der Waals surface area contributed by atoms with Crippen LogP contribution in [-0.4, -0.2) is 18.3 Å². The molecule has 1 aromatic carbocycles. The number of aryl methyl sites for hydroxylation is 1. The summed E-state index contributed by atoms with van der Waals surface area (Å²) in [6.45, 7) is 7.61. The van der Waals surface area contributed by atoms with Crippen molar-refractivity contribution in [3.63, 3.8) is 0 Å². The van der Waals surface area contributed by atoms with E-state index in [4.69, 9.17) is 0 Å². The van der Waals surface area contributed by atoms with Crippen molar-refractivity contribution in [1.82, 2.24) is 0 Å². The van der Waals surface area contributed by atoms with Crippen LogP contribution in [0.2, 0.25) is 0 Å². The topological polar surface area (TPSA) is 32.3 Å². The van der Waals surface area contributed by atoms with E-state index in [9.17, 15) is 5.11 Å². The number of unbranched alkanes of at least 4 members (excludes halogenated alkanes) is 1. The molecule has 108 valence electrons. The lowest BCUT2D eigenvalue weighted by Crippen LogP contribution is -2.32. The van der Waals surface area contributed by atoms with Crippen molar-refractivity contribution >= 4 is 5.69 Å². The van der Waals surface area contributed by atoms with Crippen molar-refractivity contribution in [2.45, 2.75) is 52.9 Å². The van der Waals surface area contributed by atoms with E-state index < -0.39 is 0 Å². The van der Waals surface area contributed by atoms with Crippen LogP contribution in [-0.2, 0) is 6.42 Å². The largest absolute Gasteiger partial charge is 0.396 e. The van der Waals surface area contributed by atoms with Crippen LogP contribution in [0.5, 0.6) is 0 Å². The van der Waals surface area contributed by atoms with Crippen LogP contribution in [0, 0.1) is 5.41 Å². The molecule has 0 fully saturated rings. The third-order valence-electron chi connectivity index (χ3n) is 4.28. The third-order valence-corrected chi connectivity index (χ3v) is 4.28. The quantitative estimate of drug-likeness (QED) is 0.698. The first-order valence-electron chi connectivity index (χ1n) is 7.63. The molecular formula is C17H29NO. The number of rotatable bonds is 9. The van der Waals surface area contributed by atoms with Crippen molar-refractivity contribution in [2.75, 3.05) is 18.5 Å². The van der Waals surface area contributed by atoms with Gasteiger partial charge in [0.25, 0.3) is 0 Å². The maximum Gasteiger partial charge on any atom is 0.0504 e. The van der Waals surface area contributed by atoms with Gasteiger partial charge in [-0.25, -0.2) is 0 Å². The van der Waals surface area contributed by atoms with Crippen molar-refractivity contribution in [1.29, 1.82) is 0 Å². The van der Waals surface area contributed by atoms with Gasteiger partial charge < -0.3 is 10.4 Å². The number of hydrogen-bond donors (Lipinski definition) is 2. The van der Waals surface area contributed by atoms with Crippen molar-refractivity contribution < 1.29 is 5.11 Å². The molecule has 2 nitrogen and oxygen atoms in total. The number of hydrogen-bond acceptors (Lipinski definition) is 2. The Balaban J connectivity index is 2.53. The molecular weight excluding hydrogens is 234 g/mol. The van der Waals surface area contributed by atoms with Gasteiger partial charge in [-0.15, -0.1) is 0 Å². The number of anilines is 1. The van der Waals surface area contributed by atoms with Crippen molar-refractivity contribution in [3.05, 3.63) is 29.8 Å². The Labute approximate surface area is 118 Å². The number of aliphatic hydroxyl groups excluding tert-OH is 1. The minimum atomic E-state index is 0.0148. The Morgan fingerprint density at radius 1 is 1.05 bits per heavy atom. The zero-order valence-electron chi connectivity index (χ0n) is 12.7. The minimum Gasteiger partial charge on any atom is -0.396 e. The SMILES string of the molecule is CCCCc1ccc(NCC(CC)(CC)CO)cc1. The standard InChI is InChI=1S/C17H29NO/c1-4-7-8-15-9-11-16(12-10-15)18-13-17(5-2,6-3)14-19/h9-12,18-19H,4-8,13-14H2,1-3H3. The van der Waals surface area contributed by atoms with Gasteiger partial charge in [-0.2, -0.15) is 0 Å². The molecule has 0 saturated heterocycles. The summed E-state index contributed by atoms with van der Waals surface area (Å²) in [5, 5.41) is 13.0. The fourth-order valence-electron chi connectivity index (χ4n) is 2.24. The Hall–Kier alpha value is -1.02. The Bertz CT molecular complexity index is 333. The normalized spacial score (nSPS) is 11.6. The Morgan fingerprint density at radius 3 is 2.16 bits per heavy atom. The fourth-order valence-corrected chi connectivity index (χ4v) is 2.24. The molecule has 0 aromatic heterocycles. The molecule has 0 aliphatic heterocycles. The lowest BCUT2D eigenvalue weighted by molar-refractivity contribution is 0.127. The van der Waals surface area contributed by atoms with Crippen LogP contribution in [0.25, 0.3) is 0 Å². The highest BCUT2D eigenvalue weighted by Gasteiger charge is 2.24. The summed E-state index contributed by atoms with van der Waals surface area (Å²) in [4.78, 5) is 0. The van der Waals surface area contributed by atoms with Crippen molar-refractivity contribution in [3.8, 4) is 0 Å². The first-order chi connectivity index (χ1) is 9.19. The van der Waals surface area contributed by atoms with E-state index in [0.29, 0.717) is 0 Å². The van der Waals surface area contributed by atoms with Gasteiger partial charge in [-0.1, -0.05) is 39.3 Å². The maximum atomic E-state index is 9.56. The average Bonchev–Trinajstić information content (AvgIpc) is 2.48. The van der Waals surface area contributed by atoms with Gasteiger partial charge in [-0.05, 0) is 43.4 Å². The highest BCUT2D eigenvalue weighted by molar-refractivity contribution is 5.44. The van der Waals surface area contributed by atoms with Gasteiger partial charge in [-0.3, -0.25) is 0 Å². The first kappa shape index (κ1) is 16.0. The summed E-state index contributed by atoms with van der Waals surface area (Å²) >= 11 is 0. The summed E-state index contributed by atoms with van der Waals surface area (Å²) in [6.07, 6.45) is 5.67. The molecule has 0 spiro atoms. The summed E-state index contributed by atoms with van der Waals surface area (Å²) < 4.78 is 0. The van der Waals surface area contributed by atoms with E-state index in [2.05, 4.69) is 50.4 Å². The zero-order chi connectivity index (χ0) is 14.1. The zero-order valence-corrected chi connectivity index (χ0v) is 12.7. The van der Waals surface area contributed by atoms with E-state index >= 15 is 0 Å². The molecule has 1 rings (SSSR count). The number of nitrogens with one attached hydrogen (secondary N) is 1. The molecule has 0 radical (unpaired) electrons. The summed E-state index contributed by atoms with van der Waals surface area (Å²) in [5.74, 6) is 0. The molecule has 0 bridgehead atoms. The molecule has 0 atom stereocenters. The van der Waals surface area contributed by atoms with Crippen molar-refractivity contribution in [2.24, 2.45) is 5.41 Å². The molecule has 0 aliphatic rings. The van der Waals surface area contributed by atoms with E-state index in [1.807, 2.05) is 0 Å². The summed E-state index contributed by atoms with van der Waals surface area (Å²) in [7, 11) is 0. The lowest BCUT2D eigenvalue weighted by Gasteiger charge is -2.30. The fraction of sp³-hybridized carbons (Fsp3) is 0.647. The summed E-state index contributed by atoms with van der Waals surface area (Å²) in [5.41, 5.74) is 2.58.